The number of ketones is 3. The maximum Gasteiger partial charge on any atom is 0.323 e. The lowest BCUT2D eigenvalue weighted by Crippen LogP contribution is -2.23. The van der Waals surface area contributed by atoms with E-state index in [4.69, 9.17) is 0 Å². The van der Waals surface area contributed by atoms with E-state index < -0.39 is 0 Å². The molecule has 1 aliphatic heterocycles. The van der Waals surface area contributed by atoms with Crippen molar-refractivity contribution in [3.05, 3.63) is 118 Å². The molecule has 0 atom stereocenters. The topological polar surface area (TPSA) is 218 Å². The largest absolute Gasteiger partial charge is 0.367 e. The number of aromatic amines is 6. The number of hydrogen-bond acceptors (Lipinski definition) is 7. The van der Waals surface area contributed by atoms with Crippen molar-refractivity contribution in [1.82, 2.24) is 45.4 Å². The normalized spacial score (nSPS) is 11.4. The molecule has 0 aromatic carbocycles. The second-order valence-corrected chi connectivity index (χ2v) is 14.8. The van der Waals surface area contributed by atoms with Gasteiger partial charge >= 0.3 is 5.69 Å². The molecular formula is C43H67N9O5. The summed E-state index contributed by atoms with van der Waals surface area (Å²) in [5.41, 5.74) is 5.24. The highest BCUT2D eigenvalue weighted by Crippen LogP contribution is 2.11. The van der Waals surface area contributed by atoms with Gasteiger partial charge in [-0.1, -0.05) is 90.5 Å². The van der Waals surface area contributed by atoms with Crippen molar-refractivity contribution >= 4 is 23.3 Å². The first-order chi connectivity index (χ1) is 26.3. The number of hydrogen-bond donors (Lipinski definition) is 7. The third kappa shape index (κ3) is 20.1. The molecule has 314 valence electrons. The number of H-pyrrole nitrogens is 6. The van der Waals surface area contributed by atoms with Gasteiger partial charge < -0.3 is 30.2 Å². The van der Waals surface area contributed by atoms with E-state index in [1.54, 1.807) is 49.3 Å². The number of carbonyl (C=O) groups is 4. The standard InChI is InChI=1S/C8H11NO2.2C8H11NO.C6H10N2O.2C6H10N2.CH4/c1-5(2)8(11)6-3-4-7(10)9-6;1-6(2)8(10)7-3-4-9-5-7;1-6(2)8(10)7-4-3-5-9-7;1-4(2)5-3-7-6(9)8-5;1-5(2)6-3-7-4-8-6;1-5(2)6-3-7-8-4-6;/h3,5H,4H2,1-2H3,(H,9,10);2*3-6,9H,1-2H3;3-4H,1-2H3,(H2,7,8,9);2*3-5H,1-2H3,(H,7,8);1H4. The number of Topliss-reactive ketones (excluding diaryl/α,β-unsaturated/α-hetero) is 3. The summed E-state index contributed by atoms with van der Waals surface area (Å²) in [4.78, 5) is 72.5. The van der Waals surface area contributed by atoms with Crippen LogP contribution in [0.4, 0.5) is 0 Å². The summed E-state index contributed by atoms with van der Waals surface area (Å²) in [7, 11) is 0. The summed E-state index contributed by atoms with van der Waals surface area (Å²) in [6.45, 7) is 23.8. The zero-order valence-corrected chi connectivity index (χ0v) is 35.0. The summed E-state index contributed by atoms with van der Waals surface area (Å²) >= 11 is 0. The molecule has 0 saturated heterocycles. The number of rotatable bonds is 9. The average Bonchev–Trinajstić information content (AvgIpc) is 4.01. The molecule has 14 heteroatoms. The minimum Gasteiger partial charge on any atom is -0.367 e. The molecule has 0 aliphatic carbocycles. The maximum atomic E-state index is 11.2. The third-order valence-corrected chi connectivity index (χ3v) is 7.92. The Balaban J connectivity index is 0.000000660. The van der Waals surface area contributed by atoms with Gasteiger partial charge in [-0.2, -0.15) is 5.10 Å². The first-order valence-electron chi connectivity index (χ1n) is 19.0. The minimum absolute atomic E-state index is 0. The molecular weight excluding hydrogens is 723 g/mol. The molecule has 0 spiro atoms. The molecule has 6 heterocycles. The second-order valence-electron chi connectivity index (χ2n) is 14.8. The fourth-order valence-electron chi connectivity index (χ4n) is 4.34. The molecule has 5 aromatic rings. The first-order valence-corrected chi connectivity index (χ1v) is 19.0. The summed E-state index contributed by atoms with van der Waals surface area (Å²) in [5, 5.41) is 9.09. The highest BCUT2D eigenvalue weighted by atomic mass is 16.2. The first kappa shape index (κ1) is 51.2. The quantitative estimate of drug-likeness (QED) is 0.0719. The van der Waals surface area contributed by atoms with Crippen LogP contribution < -0.4 is 11.0 Å². The Morgan fingerprint density at radius 1 is 0.667 bits per heavy atom. The van der Waals surface area contributed by atoms with E-state index in [0.717, 1.165) is 11.3 Å². The SMILES string of the molecule is C.CC(C)C(=O)C1=CCC(=O)N1.CC(C)C(=O)c1cc[nH]c1.CC(C)C(=O)c1ccc[nH]1.CC(C)c1c[nH]c(=O)[nH]1.CC(C)c1cn[nH]c1.CC(C)c1cnc[nH]1. The second kappa shape index (κ2) is 26.9. The minimum atomic E-state index is -0.126. The lowest BCUT2D eigenvalue weighted by Gasteiger charge is -2.03. The van der Waals surface area contributed by atoms with Crippen LogP contribution in [0, 0.1) is 17.8 Å². The van der Waals surface area contributed by atoms with Crippen molar-refractivity contribution in [3.63, 3.8) is 0 Å². The molecule has 1 amide bonds. The van der Waals surface area contributed by atoms with Gasteiger partial charge in [-0.05, 0) is 47.6 Å². The lowest BCUT2D eigenvalue weighted by molar-refractivity contribution is -0.122. The van der Waals surface area contributed by atoms with Crippen molar-refractivity contribution in [1.29, 1.82) is 0 Å². The fraction of sp³-hybridized carbons (Fsp3) is 0.465. The Kier molecular flexibility index (Phi) is 24.2. The predicted octanol–water partition coefficient (Wildman–Crippen LogP) is 8.85. The molecule has 0 saturated carbocycles. The summed E-state index contributed by atoms with van der Waals surface area (Å²) in [5.74, 6) is 1.97. The molecule has 57 heavy (non-hydrogen) atoms. The van der Waals surface area contributed by atoms with Crippen LogP contribution in [0.1, 0.15) is 152 Å². The molecule has 0 radical (unpaired) electrons. The molecule has 0 bridgehead atoms. The van der Waals surface area contributed by atoms with Crippen LogP contribution in [0.15, 0.2) is 84.5 Å². The number of amides is 1. The Morgan fingerprint density at radius 3 is 1.61 bits per heavy atom. The molecule has 7 N–H and O–H groups in total. The van der Waals surface area contributed by atoms with Gasteiger partial charge in [-0.15, -0.1) is 0 Å². The van der Waals surface area contributed by atoms with Gasteiger partial charge in [0.15, 0.2) is 17.3 Å². The van der Waals surface area contributed by atoms with Crippen LogP contribution in [0.3, 0.4) is 0 Å². The number of carbonyl (C=O) groups excluding carboxylic acids is 4. The predicted molar refractivity (Wildman–Crippen MR) is 228 cm³/mol. The van der Waals surface area contributed by atoms with Crippen molar-refractivity contribution in [2.75, 3.05) is 0 Å². The summed E-state index contributed by atoms with van der Waals surface area (Å²) in [6, 6.07) is 5.42. The van der Waals surface area contributed by atoms with Gasteiger partial charge in [0.25, 0.3) is 0 Å². The van der Waals surface area contributed by atoms with Crippen LogP contribution in [0.5, 0.6) is 0 Å². The third-order valence-electron chi connectivity index (χ3n) is 7.92. The molecule has 1 aliphatic rings. The molecule has 0 unspecified atom stereocenters. The van der Waals surface area contributed by atoms with Gasteiger partial charge in [0.05, 0.1) is 23.9 Å². The Labute approximate surface area is 338 Å². The number of nitrogens with one attached hydrogen (secondary N) is 7. The molecule has 0 fully saturated rings. The van der Waals surface area contributed by atoms with Gasteiger partial charge in [-0.3, -0.25) is 24.3 Å². The van der Waals surface area contributed by atoms with Crippen LogP contribution in [0.25, 0.3) is 0 Å². The molecule has 5 aromatic heterocycles. The number of imidazole rings is 2. The maximum absolute atomic E-state index is 11.2. The van der Waals surface area contributed by atoms with Crippen LogP contribution >= 0.6 is 0 Å². The monoisotopic (exact) mass is 790 g/mol. The average molecular weight is 790 g/mol. The van der Waals surface area contributed by atoms with Crippen LogP contribution in [0.2, 0.25) is 0 Å². The highest BCUT2D eigenvalue weighted by molar-refractivity contribution is 6.03. The Hall–Kier alpha value is -5.79. The Morgan fingerprint density at radius 2 is 1.30 bits per heavy atom. The summed E-state index contributed by atoms with van der Waals surface area (Å²) < 4.78 is 0. The van der Waals surface area contributed by atoms with E-state index in [2.05, 4.69) is 73.1 Å². The zero-order chi connectivity index (χ0) is 42.4. The molecule has 14 nitrogen and oxygen atoms in total. The van der Waals surface area contributed by atoms with Crippen molar-refractivity contribution < 1.29 is 19.2 Å². The van der Waals surface area contributed by atoms with E-state index in [1.807, 2.05) is 80.0 Å². The number of aromatic nitrogens is 8. The number of nitrogens with zero attached hydrogens (tertiary/aromatic N) is 2. The van der Waals surface area contributed by atoms with Gasteiger partial charge in [0.1, 0.15) is 0 Å². The van der Waals surface area contributed by atoms with E-state index in [-0.39, 0.29) is 54.1 Å². The van der Waals surface area contributed by atoms with Crippen molar-refractivity contribution in [3.8, 4) is 0 Å². The smallest absolute Gasteiger partial charge is 0.323 e. The van der Waals surface area contributed by atoms with Crippen molar-refractivity contribution in [2.45, 2.75) is 115 Å². The molecule has 6 rings (SSSR count). The van der Waals surface area contributed by atoms with Crippen molar-refractivity contribution in [2.24, 2.45) is 17.8 Å². The summed E-state index contributed by atoms with van der Waals surface area (Å²) in [6.07, 6.45) is 16.3. The van der Waals surface area contributed by atoms with Gasteiger partial charge in [0.2, 0.25) is 5.91 Å². The van der Waals surface area contributed by atoms with E-state index in [1.165, 1.54) is 11.3 Å². The number of allylic oxidation sites excluding steroid dienone is 1. The van der Waals surface area contributed by atoms with Crippen LogP contribution in [-0.2, 0) is 9.59 Å². The fourth-order valence-corrected chi connectivity index (χ4v) is 4.34. The van der Waals surface area contributed by atoms with Crippen LogP contribution in [-0.4, -0.2) is 63.4 Å². The van der Waals surface area contributed by atoms with E-state index >= 15 is 0 Å². The van der Waals surface area contributed by atoms with E-state index in [9.17, 15) is 24.0 Å². The van der Waals surface area contributed by atoms with Gasteiger partial charge in [0, 0.05) is 78.3 Å². The highest BCUT2D eigenvalue weighted by Gasteiger charge is 2.20. The zero-order valence-electron chi connectivity index (χ0n) is 35.0. The van der Waals surface area contributed by atoms with E-state index in [0.29, 0.717) is 35.6 Å². The Bertz CT molecular complexity index is 1800. The van der Waals surface area contributed by atoms with Gasteiger partial charge in [-0.25, -0.2) is 9.78 Å². The lowest BCUT2D eigenvalue weighted by atomic mass is 10.0.